The van der Waals surface area contributed by atoms with E-state index in [1.165, 1.54) is 12.8 Å². The minimum Gasteiger partial charge on any atom is -0.466 e. The van der Waals surface area contributed by atoms with Crippen molar-refractivity contribution in [3.63, 3.8) is 0 Å². The maximum absolute atomic E-state index is 5.82. The number of hydrogen-bond donors (Lipinski definition) is 2. The Bertz CT molecular complexity index is 404. The molecule has 1 aliphatic rings. The summed E-state index contributed by atoms with van der Waals surface area (Å²) in [5, 5.41) is 3.19. The minimum atomic E-state index is 0.139. The van der Waals surface area contributed by atoms with Gasteiger partial charge in [0.15, 0.2) is 5.96 Å². The number of rotatable bonds is 3. The summed E-state index contributed by atoms with van der Waals surface area (Å²) in [6.07, 6.45) is 2.33. The number of guanidine groups is 1. The zero-order chi connectivity index (χ0) is 11.7. The topological polar surface area (TPSA) is 63.5 Å². The molecule has 1 aromatic rings. The molecule has 0 spiro atoms. The SMILES string of the molecule is Cc1cc(C(C)NC(N)=NC2CC2)c(C)o1. The molecule has 3 N–H and O–H groups in total. The van der Waals surface area contributed by atoms with Crippen LogP contribution in [-0.2, 0) is 0 Å². The molecule has 88 valence electrons. The van der Waals surface area contributed by atoms with Gasteiger partial charge < -0.3 is 15.5 Å². The zero-order valence-electron chi connectivity index (χ0n) is 10.1. The van der Waals surface area contributed by atoms with Crippen LogP contribution in [0.5, 0.6) is 0 Å². The smallest absolute Gasteiger partial charge is 0.189 e. The molecule has 1 heterocycles. The summed E-state index contributed by atoms with van der Waals surface area (Å²) in [5.41, 5.74) is 6.96. The highest BCUT2D eigenvalue weighted by molar-refractivity contribution is 5.78. The molecule has 0 aromatic carbocycles. The molecule has 0 saturated heterocycles. The lowest BCUT2D eigenvalue weighted by atomic mass is 10.1. The summed E-state index contributed by atoms with van der Waals surface area (Å²) in [6.45, 7) is 5.98. The van der Waals surface area contributed by atoms with E-state index in [-0.39, 0.29) is 6.04 Å². The average Bonchev–Trinajstić information content (AvgIpc) is 2.90. The third-order valence-corrected chi connectivity index (χ3v) is 2.78. The normalized spacial score (nSPS) is 18.6. The van der Waals surface area contributed by atoms with Crippen LogP contribution in [0.4, 0.5) is 0 Å². The van der Waals surface area contributed by atoms with Crippen molar-refractivity contribution in [1.29, 1.82) is 0 Å². The van der Waals surface area contributed by atoms with Gasteiger partial charge in [-0.2, -0.15) is 0 Å². The van der Waals surface area contributed by atoms with Gasteiger partial charge in [0.2, 0.25) is 0 Å². The van der Waals surface area contributed by atoms with Crippen molar-refractivity contribution in [2.24, 2.45) is 10.7 Å². The zero-order valence-corrected chi connectivity index (χ0v) is 10.1. The van der Waals surface area contributed by atoms with Crippen molar-refractivity contribution < 1.29 is 4.42 Å². The average molecular weight is 221 g/mol. The molecule has 0 bridgehead atoms. The molecule has 0 amide bonds. The maximum atomic E-state index is 5.82. The third kappa shape index (κ3) is 2.56. The molecule has 4 heteroatoms. The molecule has 1 fully saturated rings. The van der Waals surface area contributed by atoms with E-state index in [1.54, 1.807) is 0 Å². The van der Waals surface area contributed by atoms with Crippen molar-refractivity contribution in [2.45, 2.75) is 45.7 Å². The highest BCUT2D eigenvalue weighted by Crippen LogP contribution is 2.24. The molecule has 16 heavy (non-hydrogen) atoms. The van der Waals surface area contributed by atoms with Crippen molar-refractivity contribution in [1.82, 2.24) is 5.32 Å². The summed E-state index contributed by atoms with van der Waals surface area (Å²) in [4.78, 5) is 4.34. The highest BCUT2D eigenvalue weighted by atomic mass is 16.3. The van der Waals surface area contributed by atoms with Crippen LogP contribution in [0.2, 0.25) is 0 Å². The summed E-state index contributed by atoms with van der Waals surface area (Å²) < 4.78 is 5.49. The van der Waals surface area contributed by atoms with E-state index in [1.807, 2.05) is 19.9 Å². The molecule has 1 atom stereocenters. The molecular weight excluding hydrogens is 202 g/mol. The minimum absolute atomic E-state index is 0.139. The maximum Gasteiger partial charge on any atom is 0.189 e. The van der Waals surface area contributed by atoms with Gasteiger partial charge in [-0.3, -0.25) is 4.99 Å². The molecule has 4 nitrogen and oxygen atoms in total. The van der Waals surface area contributed by atoms with E-state index in [0.29, 0.717) is 12.0 Å². The van der Waals surface area contributed by atoms with Crippen LogP contribution < -0.4 is 11.1 Å². The number of aryl methyl sites for hydroxylation is 2. The largest absolute Gasteiger partial charge is 0.466 e. The Kier molecular flexibility index (Phi) is 2.90. The summed E-state index contributed by atoms with van der Waals surface area (Å²) in [5.74, 6) is 2.41. The first kappa shape index (κ1) is 11.0. The molecule has 0 radical (unpaired) electrons. The van der Waals surface area contributed by atoms with Crippen molar-refractivity contribution in [3.05, 3.63) is 23.2 Å². The van der Waals surface area contributed by atoms with Crippen molar-refractivity contribution in [3.8, 4) is 0 Å². The molecule has 1 aromatic heterocycles. The summed E-state index contributed by atoms with van der Waals surface area (Å²) in [7, 11) is 0. The second-order valence-electron chi connectivity index (χ2n) is 4.48. The fourth-order valence-corrected chi connectivity index (χ4v) is 1.82. The van der Waals surface area contributed by atoms with Crippen LogP contribution in [0.3, 0.4) is 0 Å². The molecule has 1 aliphatic carbocycles. The van der Waals surface area contributed by atoms with Crippen molar-refractivity contribution >= 4 is 5.96 Å². The van der Waals surface area contributed by atoms with Crippen LogP contribution in [0.1, 0.15) is 42.9 Å². The van der Waals surface area contributed by atoms with Gasteiger partial charge in [-0.05, 0) is 39.7 Å². The van der Waals surface area contributed by atoms with Crippen LogP contribution in [0, 0.1) is 13.8 Å². The second-order valence-corrected chi connectivity index (χ2v) is 4.48. The molecule has 1 saturated carbocycles. The number of furan rings is 1. The summed E-state index contributed by atoms with van der Waals surface area (Å²) >= 11 is 0. The fraction of sp³-hybridized carbons (Fsp3) is 0.583. The second kappa shape index (κ2) is 4.20. The standard InChI is InChI=1S/C12H19N3O/c1-7-6-11(9(3)16-7)8(2)14-12(13)15-10-4-5-10/h6,8,10H,4-5H2,1-3H3,(H3,13,14,15). The van der Waals surface area contributed by atoms with E-state index >= 15 is 0 Å². The third-order valence-electron chi connectivity index (χ3n) is 2.78. The van der Waals surface area contributed by atoms with E-state index in [4.69, 9.17) is 10.2 Å². The summed E-state index contributed by atoms with van der Waals surface area (Å²) in [6, 6.07) is 2.63. The molecular formula is C12H19N3O. The van der Waals surface area contributed by atoms with E-state index < -0.39 is 0 Å². The molecule has 0 aliphatic heterocycles. The van der Waals surface area contributed by atoms with Crippen LogP contribution in [0.25, 0.3) is 0 Å². The van der Waals surface area contributed by atoms with Crippen molar-refractivity contribution in [2.75, 3.05) is 0 Å². The Labute approximate surface area is 95.9 Å². The van der Waals surface area contributed by atoms with Gasteiger partial charge in [0.05, 0.1) is 12.1 Å². The first-order valence-electron chi connectivity index (χ1n) is 5.73. The Balaban J connectivity index is 2.01. The Hall–Kier alpha value is -1.45. The fourth-order valence-electron chi connectivity index (χ4n) is 1.82. The van der Waals surface area contributed by atoms with E-state index in [9.17, 15) is 0 Å². The van der Waals surface area contributed by atoms with Gasteiger partial charge in [-0.15, -0.1) is 0 Å². The first-order valence-corrected chi connectivity index (χ1v) is 5.73. The van der Waals surface area contributed by atoms with Gasteiger partial charge in [0.25, 0.3) is 0 Å². The first-order chi connectivity index (χ1) is 7.56. The predicted octanol–water partition coefficient (Wildman–Crippen LogP) is 2.02. The Morgan fingerprint density at radius 1 is 1.56 bits per heavy atom. The van der Waals surface area contributed by atoms with E-state index in [2.05, 4.69) is 17.2 Å². The van der Waals surface area contributed by atoms with Gasteiger partial charge in [0.1, 0.15) is 11.5 Å². The monoisotopic (exact) mass is 221 g/mol. The number of nitrogens with two attached hydrogens (primary N) is 1. The lowest BCUT2D eigenvalue weighted by Crippen LogP contribution is -2.34. The quantitative estimate of drug-likeness (QED) is 0.606. The number of nitrogens with zero attached hydrogens (tertiary/aromatic N) is 1. The molecule has 2 rings (SSSR count). The number of aliphatic imine (C=N–C) groups is 1. The predicted molar refractivity (Wildman–Crippen MR) is 64.4 cm³/mol. The molecule has 1 unspecified atom stereocenters. The number of hydrogen-bond acceptors (Lipinski definition) is 2. The van der Waals surface area contributed by atoms with Gasteiger partial charge in [-0.1, -0.05) is 0 Å². The van der Waals surface area contributed by atoms with Crippen LogP contribution in [-0.4, -0.2) is 12.0 Å². The van der Waals surface area contributed by atoms with Gasteiger partial charge in [0, 0.05) is 5.56 Å². The van der Waals surface area contributed by atoms with E-state index in [0.717, 1.165) is 17.1 Å². The lowest BCUT2D eigenvalue weighted by Gasteiger charge is -2.13. The van der Waals surface area contributed by atoms with Gasteiger partial charge >= 0.3 is 0 Å². The van der Waals surface area contributed by atoms with Crippen LogP contribution >= 0.6 is 0 Å². The van der Waals surface area contributed by atoms with Gasteiger partial charge in [-0.25, -0.2) is 0 Å². The Morgan fingerprint density at radius 3 is 2.75 bits per heavy atom. The Morgan fingerprint density at radius 2 is 2.25 bits per heavy atom. The highest BCUT2D eigenvalue weighted by Gasteiger charge is 2.21. The lowest BCUT2D eigenvalue weighted by molar-refractivity contribution is 0.497. The van der Waals surface area contributed by atoms with Crippen LogP contribution in [0.15, 0.2) is 15.5 Å². The number of nitrogens with one attached hydrogen (secondary N) is 1.